The molecular formula is C6H12F2N2. The molecule has 2 nitrogen and oxygen atoms in total. The second-order valence-electron chi connectivity index (χ2n) is 2.93. The van der Waals surface area contributed by atoms with Crippen molar-refractivity contribution in [3.8, 4) is 0 Å². The van der Waals surface area contributed by atoms with Crippen LogP contribution < -0.4 is 11.5 Å². The Morgan fingerprint density at radius 1 is 0.900 bits per heavy atom. The highest BCUT2D eigenvalue weighted by molar-refractivity contribution is 4.94. The van der Waals surface area contributed by atoms with E-state index in [9.17, 15) is 8.78 Å². The Labute approximate surface area is 58.6 Å². The normalized spacial score (nSPS) is 49.2. The van der Waals surface area contributed by atoms with Crippen molar-refractivity contribution in [2.45, 2.75) is 37.3 Å². The number of rotatable bonds is 0. The van der Waals surface area contributed by atoms with Gasteiger partial charge in [0.25, 0.3) is 0 Å². The van der Waals surface area contributed by atoms with Gasteiger partial charge in [-0.2, -0.15) is 0 Å². The lowest BCUT2D eigenvalue weighted by Gasteiger charge is -2.36. The summed E-state index contributed by atoms with van der Waals surface area (Å²) >= 11 is 0. The maximum Gasteiger partial charge on any atom is 0.206 e. The van der Waals surface area contributed by atoms with Crippen LogP contribution in [0.3, 0.4) is 0 Å². The Bertz CT molecular complexity index is 118. The van der Waals surface area contributed by atoms with Gasteiger partial charge in [0.15, 0.2) is 0 Å². The minimum Gasteiger partial charge on any atom is -0.295 e. The fourth-order valence-electron chi connectivity index (χ4n) is 1.18. The summed E-state index contributed by atoms with van der Waals surface area (Å²) in [4.78, 5) is 0. The molecule has 1 rings (SSSR count). The zero-order valence-electron chi connectivity index (χ0n) is 5.74. The number of hydrogen-bond acceptors (Lipinski definition) is 2. The van der Waals surface area contributed by atoms with Gasteiger partial charge in [-0.15, -0.1) is 0 Å². The highest BCUT2D eigenvalue weighted by atomic mass is 19.2. The lowest BCUT2D eigenvalue weighted by Crippen LogP contribution is -2.62. The molecule has 1 aliphatic rings. The Morgan fingerprint density at radius 3 is 1.40 bits per heavy atom. The second kappa shape index (κ2) is 2.13. The van der Waals surface area contributed by atoms with Crippen molar-refractivity contribution < 1.29 is 8.78 Å². The van der Waals surface area contributed by atoms with Crippen LogP contribution in [0.1, 0.15) is 25.7 Å². The minimum absolute atomic E-state index is 0.0278. The molecule has 4 N–H and O–H groups in total. The predicted octanol–water partition coefficient (Wildman–Crippen LogP) is 0.809. The fraction of sp³-hybridized carbons (Fsp3) is 1.00. The molecule has 0 aromatic rings. The van der Waals surface area contributed by atoms with E-state index in [1.54, 1.807) is 0 Å². The molecule has 0 amide bonds. The van der Waals surface area contributed by atoms with Crippen molar-refractivity contribution in [1.29, 1.82) is 0 Å². The van der Waals surface area contributed by atoms with Gasteiger partial charge in [-0.05, 0) is 25.7 Å². The van der Waals surface area contributed by atoms with E-state index in [0.717, 1.165) is 0 Å². The monoisotopic (exact) mass is 150 g/mol. The van der Waals surface area contributed by atoms with Gasteiger partial charge < -0.3 is 0 Å². The first-order valence-corrected chi connectivity index (χ1v) is 3.41. The zero-order valence-corrected chi connectivity index (χ0v) is 5.74. The summed E-state index contributed by atoms with van der Waals surface area (Å²) in [7, 11) is 0. The first-order valence-electron chi connectivity index (χ1n) is 3.41. The van der Waals surface area contributed by atoms with Gasteiger partial charge in [0.05, 0.1) is 0 Å². The molecule has 0 aromatic heterocycles. The van der Waals surface area contributed by atoms with E-state index in [-0.39, 0.29) is 12.8 Å². The van der Waals surface area contributed by atoms with Gasteiger partial charge in [-0.25, -0.2) is 8.78 Å². The van der Waals surface area contributed by atoms with Crippen LogP contribution >= 0.6 is 0 Å². The van der Waals surface area contributed by atoms with Gasteiger partial charge in [0.2, 0.25) is 11.6 Å². The second-order valence-corrected chi connectivity index (χ2v) is 2.93. The van der Waals surface area contributed by atoms with Gasteiger partial charge >= 0.3 is 0 Å². The molecule has 1 saturated carbocycles. The van der Waals surface area contributed by atoms with Crippen LogP contribution in [-0.4, -0.2) is 11.6 Å². The molecule has 0 aliphatic heterocycles. The molecule has 0 bridgehead atoms. The largest absolute Gasteiger partial charge is 0.295 e. The van der Waals surface area contributed by atoms with Crippen molar-refractivity contribution in [2.24, 2.45) is 11.5 Å². The number of halogens is 2. The molecule has 0 aromatic carbocycles. The van der Waals surface area contributed by atoms with Crippen LogP contribution in [0.2, 0.25) is 0 Å². The lowest BCUT2D eigenvalue weighted by molar-refractivity contribution is -0.0657. The first-order chi connectivity index (χ1) is 4.46. The van der Waals surface area contributed by atoms with Crippen LogP contribution in [-0.2, 0) is 0 Å². The van der Waals surface area contributed by atoms with Crippen molar-refractivity contribution in [1.82, 2.24) is 0 Å². The SMILES string of the molecule is NC1(F)CCCCC1(N)F. The summed E-state index contributed by atoms with van der Waals surface area (Å²) in [6, 6.07) is 0. The third-order valence-electron chi connectivity index (χ3n) is 2.02. The van der Waals surface area contributed by atoms with E-state index in [2.05, 4.69) is 0 Å². The quantitative estimate of drug-likeness (QED) is 0.502. The third-order valence-corrected chi connectivity index (χ3v) is 2.02. The molecule has 0 radical (unpaired) electrons. The Balaban J connectivity index is 2.70. The van der Waals surface area contributed by atoms with Crippen molar-refractivity contribution in [3.63, 3.8) is 0 Å². The van der Waals surface area contributed by atoms with Crippen LogP contribution in [0.4, 0.5) is 8.78 Å². The number of nitrogens with two attached hydrogens (primary N) is 2. The van der Waals surface area contributed by atoms with E-state index in [4.69, 9.17) is 11.5 Å². The molecule has 10 heavy (non-hydrogen) atoms. The van der Waals surface area contributed by atoms with E-state index in [1.807, 2.05) is 0 Å². The number of hydrogen-bond donors (Lipinski definition) is 2. The van der Waals surface area contributed by atoms with Crippen molar-refractivity contribution >= 4 is 0 Å². The molecule has 0 heterocycles. The maximum atomic E-state index is 12.9. The van der Waals surface area contributed by atoms with E-state index >= 15 is 0 Å². The molecule has 4 heteroatoms. The van der Waals surface area contributed by atoms with Gasteiger partial charge in [0.1, 0.15) is 0 Å². The summed E-state index contributed by atoms with van der Waals surface area (Å²) in [6.07, 6.45) is 1.30. The molecule has 2 atom stereocenters. The zero-order chi connectivity index (χ0) is 7.83. The van der Waals surface area contributed by atoms with E-state index in [1.165, 1.54) is 0 Å². The summed E-state index contributed by atoms with van der Waals surface area (Å²) in [5.74, 6) is -4.63. The molecule has 1 fully saturated rings. The van der Waals surface area contributed by atoms with Crippen LogP contribution in [0.25, 0.3) is 0 Å². The Hall–Kier alpha value is -0.220. The van der Waals surface area contributed by atoms with E-state index in [0.29, 0.717) is 12.8 Å². The average molecular weight is 150 g/mol. The fourth-order valence-corrected chi connectivity index (χ4v) is 1.18. The summed E-state index contributed by atoms with van der Waals surface area (Å²) in [5, 5.41) is 0. The summed E-state index contributed by atoms with van der Waals surface area (Å²) in [6.45, 7) is 0. The highest BCUT2D eigenvalue weighted by Gasteiger charge is 2.49. The molecular weight excluding hydrogens is 138 g/mol. The molecule has 60 valence electrons. The van der Waals surface area contributed by atoms with Crippen LogP contribution in [0.15, 0.2) is 0 Å². The highest BCUT2D eigenvalue weighted by Crippen LogP contribution is 2.35. The molecule has 2 unspecified atom stereocenters. The van der Waals surface area contributed by atoms with E-state index < -0.39 is 11.6 Å². The Kier molecular flexibility index (Phi) is 1.68. The smallest absolute Gasteiger partial charge is 0.206 e. The lowest BCUT2D eigenvalue weighted by atomic mass is 9.87. The topological polar surface area (TPSA) is 52.0 Å². The van der Waals surface area contributed by atoms with Gasteiger partial charge in [-0.1, -0.05) is 0 Å². The Morgan fingerprint density at radius 2 is 1.20 bits per heavy atom. The standard InChI is InChI=1S/C6H12F2N2/c7-5(9)3-1-2-4-6(5,8)10/h1-4,9-10H2. The predicted molar refractivity (Wildman–Crippen MR) is 34.5 cm³/mol. The summed E-state index contributed by atoms with van der Waals surface area (Å²) in [5.41, 5.74) is 9.98. The number of alkyl halides is 2. The van der Waals surface area contributed by atoms with Gasteiger partial charge in [-0.3, -0.25) is 11.5 Å². The van der Waals surface area contributed by atoms with Crippen LogP contribution in [0, 0.1) is 0 Å². The molecule has 0 spiro atoms. The third kappa shape index (κ3) is 1.13. The van der Waals surface area contributed by atoms with Gasteiger partial charge in [0, 0.05) is 0 Å². The minimum atomic E-state index is -2.31. The van der Waals surface area contributed by atoms with Crippen molar-refractivity contribution in [2.75, 3.05) is 0 Å². The first kappa shape index (κ1) is 7.88. The maximum absolute atomic E-state index is 12.9. The molecule has 0 saturated heterocycles. The van der Waals surface area contributed by atoms with Crippen LogP contribution in [0.5, 0.6) is 0 Å². The average Bonchev–Trinajstić information content (AvgIpc) is 1.77. The summed E-state index contributed by atoms with van der Waals surface area (Å²) < 4.78 is 25.9. The molecule has 1 aliphatic carbocycles. The van der Waals surface area contributed by atoms with Crippen molar-refractivity contribution in [3.05, 3.63) is 0 Å².